The lowest BCUT2D eigenvalue weighted by Crippen LogP contribution is -2.44. The largest absolute Gasteiger partial charge is 0.393 e. The van der Waals surface area contributed by atoms with E-state index < -0.39 is 12.8 Å². The number of nitrogens with zero attached hydrogens (tertiary/aromatic N) is 1. The second kappa shape index (κ2) is 7.71. The van der Waals surface area contributed by atoms with Crippen molar-refractivity contribution in [3.8, 4) is 0 Å². The first-order valence-electron chi connectivity index (χ1n) is 8.34. The molecule has 0 bridgehead atoms. The minimum absolute atomic E-state index is 0.208. The van der Waals surface area contributed by atoms with Crippen molar-refractivity contribution >= 4 is 0 Å². The van der Waals surface area contributed by atoms with Gasteiger partial charge in [-0.3, -0.25) is 4.90 Å². The highest BCUT2D eigenvalue weighted by Crippen LogP contribution is 2.38. The highest BCUT2D eigenvalue weighted by atomic mass is 19.1. The molecule has 0 spiro atoms. The monoisotopic (exact) mass is 313 g/mol. The van der Waals surface area contributed by atoms with Gasteiger partial charge < -0.3 is 5.11 Å². The molecule has 2 nitrogen and oxygen atoms in total. The van der Waals surface area contributed by atoms with Crippen LogP contribution >= 0.6 is 0 Å². The number of aliphatic hydroxyl groups is 1. The molecule has 122 valence electrons. The van der Waals surface area contributed by atoms with Gasteiger partial charge >= 0.3 is 0 Å². The third kappa shape index (κ3) is 4.40. The van der Waals surface area contributed by atoms with Crippen LogP contribution in [0.2, 0.25) is 0 Å². The molecule has 2 aromatic rings. The summed E-state index contributed by atoms with van der Waals surface area (Å²) in [5.41, 5.74) is 2.36. The van der Waals surface area contributed by atoms with E-state index in [9.17, 15) is 9.50 Å². The van der Waals surface area contributed by atoms with Crippen LogP contribution in [0.1, 0.15) is 24.0 Å². The molecule has 0 saturated heterocycles. The maximum absolute atomic E-state index is 14.5. The van der Waals surface area contributed by atoms with Crippen molar-refractivity contribution in [1.29, 1.82) is 0 Å². The summed E-state index contributed by atoms with van der Waals surface area (Å²) in [6.07, 6.45) is 0.936. The number of rotatable bonds is 8. The molecule has 1 aliphatic carbocycles. The van der Waals surface area contributed by atoms with Crippen LogP contribution in [0.4, 0.5) is 4.39 Å². The fourth-order valence-corrected chi connectivity index (χ4v) is 3.27. The zero-order valence-electron chi connectivity index (χ0n) is 13.3. The quantitative estimate of drug-likeness (QED) is 0.801. The van der Waals surface area contributed by atoms with E-state index in [0.717, 1.165) is 12.8 Å². The van der Waals surface area contributed by atoms with Crippen LogP contribution in [0.5, 0.6) is 0 Å². The summed E-state index contributed by atoms with van der Waals surface area (Å²) < 4.78 is 14.5. The summed E-state index contributed by atoms with van der Waals surface area (Å²) in [4.78, 5) is 2.20. The van der Waals surface area contributed by atoms with E-state index in [1.807, 2.05) is 36.4 Å². The van der Waals surface area contributed by atoms with Gasteiger partial charge in [-0.15, -0.1) is 0 Å². The first-order chi connectivity index (χ1) is 11.3. The Morgan fingerprint density at radius 2 is 1.39 bits per heavy atom. The lowest BCUT2D eigenvalue weighted by molar-refractivity contribution is 0.0452. The lowest BCUT2D eigenvalue weighted by atomic mass is 10.0. The minimum atomic E-state index is -1.19. The van der Waals surface area contributed by atoms with E-state index in [1.54, 1.807) is 0 Å². The molecule has 1 N–H and O–H groups in total. The SMILES string of the molecule is OC[C@H](F)C(C1CC1)N(Cc1ccccc1)Cc1ccccc1. The van der Waals surface area contributed by atoms with Crippen molar-refractivity contribution in [3.05, 3.63) is 71.8 Å². The van der Waals surface area contributed by atoms with Crippen molar-refractivity contribution in [3.63, 3.8) is 0 Å². The maximum Gasteiger partial charge on any atom is 0.139 e. The average molecular weight is 313 g/mol. The number of alkyl halides is 1. The number of hydrogen-bond donors (Lipinski definition) is 1. The summed E-state index contributed by atoms with van der Waals surface area (Å²) in [6, 6.07) is 20.2. The van der Waals surface area contributed by atoms with Crippen molar-refractivity contribution in [2.45, 2.75) is 38.1 Å². The first kappa shape index (κ1) is 16.2. The Kier molecular flexibility index (Phi) is 5.42. The Morgan fingerprint density at radius 3 is 1.78 bits per heavy atom. The van der Waals surface area contributed by atoms with Crippen molar-refractivity contribution in [2.24, 2.45) is 5.92 Å². The Hall–Kier alpha value is -1.71. The van der Waals surface area contributed by atoms with Crippen LogP contribution in [0.25, 0.3) is 0 Å². The Balaban J connectivity index is 1.82. The Labute approximate surface area is 137 Å². The second-order valence-electron chi connectivity index (χ2n) is 6.40. The van der Waals surface area contributed by atoms with Crippen LogP contribution < -0.4 is 0 Å². The van der Waals surface area contributed by atoms with E-state index in [-0.39, 0.29) is 6.04 Å². The van der Waals surface area contributed by atoms with Crippen LogP contribution in [0.15, 0.2) is 60.7 Å². The van der Waals surface area contributed by atoms with Gasteiger partial charge in [-0.2, -0.15) is 0 Å². The molecule has 0 aliphatic heterocycles. The first-order valence-corrected chi connectivity index (χ1v) is 8.34. The van der Waals surface area contributed by atoms with Gasteiger partial charge in [0.2, 0.25) is 0 Å². The van der Waals surface area contributed by atoms with E-state index in [2.05, 4.69) is 29.2 Å². The fourth-order valence-electron chi connectivity index (χ4n) is 3.27. The molecule has 0 heterocycles. The van der Waals surface area contributed by atoms with Gasteiger partial charge in [0.15, 0.2) is 0 Å². The topological polar surface area (TPSA) is 23.5 Å². The lowest BCUT2D eigenvalue weighted by Gasteiger charge is -2.34. The molecule has 1 fully saturated rings. The summed E-state index contributed by atoms with van der Waals surface area (Å²) in [6.45, 7) is 1.01. The fraction of sp³-hybridized carbons (Fsp3) is 0.400. The summed E-state index contributed by atoms with van der Waals surface area (Å²) in [7, 11) is 0. The molecular formula is C20H24FNO. The third-order valence-corrected chi connectivity index (χ3v) is 4.53. The van der Waals surface area contributed by atoms with Crippen LogP contribution in [0, 0.1) is 5.92 Å². The summed E-state index contributed by atoms with van der Waals surface area (Å²) in [5, 5.41) is 9.36. The molecule has 3 heteroatoms. The van der Waals surface area contributed by atoms with Crippen LogP contribution in [0.3, 0.4) is 0 Å². The standard InChI is InChI=1S/C20H24FNO/c21-19(15-23)20(18-11-12-18)22(13-16-7-3-1-4-8-16)14-17-9-5-2-6-10-17/h1-10,18-20,23H,11-15H2/t19-,20?/m0/s1. The van der Waals surface area contributed by atoms with E-state index in [1.165, 1.54) is 11.1 Å². The molecule has 1 saturated carbocycles. The molecular weight excluding hydrogens is 289 g/mol. The van der Waals surface area contributed by atoms with E-state index in [4.69, 9.17) is 0 Å². The molecule has 0 radical (unpaired) electrons. The average Bonchev–Trinajstić information content (AvgIpc) is 3.41. The molecule has 0 amide bonds. The smallest absolute Gasteiger partial charge is 0.139 e. The number of benzene rings is 2. The number of halogens is 1. The van der Waals surface area contributed by atoms with Crippen molar-refractivity contribution in [2.75, 3.05) is 6.61 Å². The predicted molar refractivity (Wildman–Crippen MR) is 90.6 cm³/mol. The zero-order chi connectivity index (χ0) is 16.1. The highest BCUT2D eigenvalue weighted by molar-refractivity contribution is 5.18. The summed E-state index contributed by atoms with van der Waals surface area (Å²) in [5.74, 6) is 0.365. The molecule has 3 rings (SSSR count). The normalized spacial score (nSPS) is 17.2. The number of hydrogen-bond acceptors (Lipinski definition) is 2. The molecule has 1 aliphatic rings. The van der Waals surface area contributed by atoms with Gasteiger partial charge in [-0.1, -0.05) is 60.7 Å². The minimum Gasteiger partial charge on any atom is -0.393 e. The molecule has 1 unspecified atom stereocenters. The van der Waals surface area contributed by atoms with Gasteiger partial charge in [0.25, 0.3) is 0 Å². The maximum atomic E-state index is 14.5. The van der Waals surface area contributed by atoms with E-state index >= 15 is 0 Å². The Bertz CT molecular complexity index is 544. The van der Waals surface area contributed by atoms with Gasteiger partial charge in [0.05, 0.1) is 6.61 Å². The highest BCUT2D eigenvalue weighted by Gasteiger charge is 2.40. The Morgan fingerprint density at radius 1 is 0.913 bits per heavy atom. The second-order valence-corrected chi connectivity index (χ2v) is 6.40. The molecule has 2 atom stereocenters. The zero-order valence-corrected chi connectivity index (χ0v) is 13.3. The molecule has 23 heavy (non-hydrogen) atoms. The predicted octanol–water partition coefficient (Wildman–Crippen LogP) is 3.80. The van der Waals surface area contributed by atoms with Gasteiger partial charge in [0.1, 0.15) is 6.17 Å². The van der Waals surface area contributed by atoms with Gasteiger partial charge in [-0.25, -0.2) is 4.39 Å². The van der Waals surface area contributed by atoms with Crippen LogP contribution in [-0.4, -0.2) is 28.8 Å². The molecule has 0 aromatic heterocycles. The van der Waals surface area contributed by atoms with Gasteiger partial charge in [0, 0.05) is 19.1 Å². The van der Waals surface area contributed by atoms with Crippen molar-refractivity contribution in [1.82, 2.24) is 4.90 Å². The molecule has 2 aromatic carbocycles. The number of aliphatic hydroxyl groups excluding tert-OH is 1. The van der Waals surface area contributed by atoms with Gasteiger partial charge in [-0.05, 0) is 29.9 Å². The van der Waals surface area contributed by atoms with E-state index in [0.29, 0.717) is 19.0 Å². The van der Waals surface area contributed by atoms with Crippen molar-refractivity contribution < 1.29 is 9.50 Å². The van der Waals surface area contributed by atoms with Crippen LogP contribution in [-0.2, 0) is 13.1 Å². The third-order valence-electron chi connectivity index (χ3n) is 4.53. The summed E-state index contributed by atoms with van der Waals surface area (Å²) >= 11 is 0.